The lowest BCUT2D eigenvalue weighted by molar-refractivity contribution is 0.439. The Morgan fingerprint density at radius 1 is 0.941 bits per heavy atom. The standard InChI is InChI=1S/C12H13F4S/c1-6-8(13)10(15)7(11(16)9(6)14)5-17-12(2,3)4/h1,5H2,2-4H3. The van der Waals surface area contributed by atoms with Gasteiger partial charge in [-0.05, 0) is 6.92 Å². The Hall–Kier alpha value is -0.710. The zero-order valence-electron chi connectivity index (χ0n) is 9.83. The van der Waals surface area contributed by atoms with Gasteiger partial charge in [0.15, 0.2) is 23.3 Å². The molecule has 0 aliphatic carbocycles. The summed E-state index contributed by atoms with van der Waals surface area (Å²) in [5.41, 5.74) is -1.45. The van der Waals surface area contributed by atoms with Crippen molar-refractivity contribution in [3.63, 3.8) is 0 Å². The van der Waals surface area contributed by atoms with Gasteiger partial charge in [0.2, 0.25) is 0 Å². The van der Waals surface area contributed by atoms with Gasteiger partial charge in [0.05, 0.1) is 0 Å². The fourth-order valence-corrected chi connectivity index (χ4v) is 1.97. The third-order valence-electron chi connectivity index (χ3n) is 2.09. The molecule has 95 valence electrons. The van der Waals surface area contributed by atoms with E-state index in [-0.39, 0.29) is 10.5 Å². The van der Waals surface area contributed by atoms with E-state index in [2.05, 4.69) is 6.92 Å². The number of halogens is 4. The molecule has 17 heavy (non-hydrogen) atoms. The highest BCUT2D eigenvalue weighted by atomic mass is 32.2. The van der Waals surface area contributed by atoms with E-state index in [4.69, 9.17) is 0 Å². The van der Waals surface area contributed by atoms with E-state index in [1.165, 1.54) is 11.8 Å². The largest absolute Gasteiger partial charge is 0.203 e. The van der Waals surface area contributed by atoms with Gasteiger partial charge in [-0.2, -0.15) is 11.8 Å². The van der Waals surface area contributed by atoms with Crippen molar-refractivity contribution in [1.82, 2.24) is 0 Å². The number of benzene rings is 1. The Morgan fingerprint density at radius 3 is 1.71 bits per heavy atom. The number of hydrogen-bond acceptors (Lipinski definition) is 1. The lowest BCUT2D eigenvalue weighted by Crippen LogP contribution is -2.11. The van der Waals surface area contributed by atoms with Crippen LogP contribution in [-0.2, 0) is 5.75 Å². The first-order chi connectivity index (χ1) is 7.65. The number of hydrogen-bond donors (Lipinski definition) is 0. The van der Waals surface area contributed by atoms with Crippen LogP contribution in [0.4, 0.5) is 17.6 Å². The molecule has 0 saturated heterocycles. The second-order valence-electron chi connectivity index (χ2n) is 4.61. The second-order valence-corrected chi connectivity index (χ2v) is 6.42. The molecule has 0 bridgehead atoms. The summed E-state index contributed by atoms with van der Waals surface area (Å²) in [6, 6.07) is 0. The Kier molecular flexibility index (Phi) is 4.12. The monoisotopic (exact) mass is 265 g/mol. The molecule has 0 heterocycles. The first kappa shape index (κ1) is 14.4. The summed E-state index contributed by atoms with van der Waals surface area (Å²) in [4.78, 5) is 0. The van der Waals surface area contributed by atoms with Crippen LogP contribution < -0.4 is 0 Å². The predicted molar refractivity (Wildman–Crippen MR) is 61.8 cm³/mol. The Labute approximate surface area is 102 Å². The fourth-order valence-electron chi connectivity index (χ4n) is 1.14. The van der Waals surface area contributed by atoms with E-state index in [9.17, 15) is 17.6 Å². The molecular weight excluding hydrogens is 252 g/mol. The van der Waals surface area contributed by atoms with Crippen molar-refractivity contribution in [1.29, 1.82) is 0 Å². The maximum atomic E-state index is 13.4. The summed E-state index contributed by atoms with van der Waals surface area (Å²) < 4.78 is 53.0. The molecule has 0 atom stereocenters. The predicted octanol–water partition coefficient (Wildman–Crippen LogP) is 4.46. The molecule has 0 N–H and O–H groups in total. The summed E-state index contributed by atoms with van der Waals surface area (Å²) >= 11 is 1.20. The van der Waals surface area contributed by atoms with Crippen molar-refractivity contribution in [2.24, 2.45) is 0 Å². The van der Waals surface area contributed by atoms with E-state index < -0.39 is 34.4 Å². The topological polar surface area (TPSA) is 0 Å². The van der Waals surface area contributed by atoms with Gasteiger partial charge in [-0.15, -0.1) is 0 Å². The Morgan fingerprint density at radius 2 is 1.35 bits per heavy atom. The van der Waals surface area contributed by atoms with Crippen LogP contribution in [0, 0.1) is 30.2 Å². The maximum Gasteiger partial charge on any atom is 0.166 e. The average Bonchev–Trinajstić information content (AvgIpc) is 2.22. The van der Waals surface area contributed by atoms with E-state index in [1.807, 2.05) is 20.8 Å². The highest BCUT2D eigenvalue weighted by Gasteiger charge is 2.24. The fraction of sp³-hybridized carbons (Fsp3) is 0.417. The van der Waals surface area contributed by atoms with Gasteiger partial charge < -0.3 is 0 Å². The molecule has 1 rings (SSSR count). The van der Waals surface area contributed by atoms with Crippen molar-refractivity contribution in [2.45, 2.75) is 31.3 Å². The molecule has 0 fully saturated rings. The molecule has 0 amide bonds. The highest BCUT2D eigenvalue weighted by Crippen LogP contribution is 2.31. The number of rotatable bonds is 2. The maximum absolute atomic E-state index is 13.4. The van der Waals surface area contributed by atoms with Gasteiger partial charge in [-0.1, -0.05) is 20.8 Å². The van der Waals surface area contributed by atoms with E-state index >= 15 is 0 Å². The minimum Gasteiger partial charge on any atom is -0.203 e. The summed E-state index contributed by atoms with van der Waals surface area (Å²) in [6.07, 6.45) is 0. The second kappa shape index (κ2) is 4.88. The molecule has 1 aromatic rings. The molecule has 0 aliphatic rings. The van der Waals surface area contributed by atoms with E-state index in [0.717, 1.165) is 0 Å². The van der Waals surface area contributed by atoms with Crippen LogP contribution in [0.15, 0.2) is 0 Å². The van der Waals surface area contributed by atoms with Gasteiger partial charge in [-0.3, -0.25) is 0 Å². The molecule has 0 nitrogen and oxygen atoms in total. The molecule has 1 aromatic carbocycles. The molecule has 0 spiro atoms. The Bertz CT molecular complexity index is 406. The summed E-state index contributed by atoms with van der Waals surface area (Å²) in [7, 11) is 0. The van der Waals surface area contributed by atoms with Gasteiger partial charge >= 0.3 is 0 Å². The van der Waals surface area contributed by atoms with Gasteiger partial charge in [0.1, 0.15) is 0 Å². The van der Waals surface area contributed by atoms with E-state index in [1.54, 1.807) is 0 Å². The normalized spacial score (nSPS) is 12.0. The van der Waals surface area contributed by atoms with Crippen molar-refractivity contribution < 1.29 is 17.6 Å². The molecule has 0 aromatic heterocycles. The molecule has 0 aliphatic heterocycles. The van der Waals surface area contributed by atoms with Crippen LogP contribution in [0.5, 0.6) is 0 Å². The van der Waals surface area contributed by atoms with Crippen LogP contribution in [-0.4, -0.2) is 4.75 Å². The molecule has 0 unspecified atom stereocenters. The van der Waals surface area contributed by atoms with Crippen LogP contribution in [0.2, 0.25) is 0 Å². The zero-order valence-corrected chi connectivity index (χ0v) is 10.7. The molecule has 5 heteroatoms. The van der Waals surface area contributed by atoms with Crippen molar-refractivity contribution >= 4 is 11.8 Å². The van der Waals surface area contributed by atoms with Crippen LogP contribution in [0.3, 0.4) is 0 Å². The summed E-state index contributed by atoms with van der Waals surface area (Å²) in [6.45, 7) is 8.48. The Balaban J connectivity index is 3.16. The first-order valence-corrected chi connectivity index (χ1v) is 5.94. The van der Waals surface area contributed by atoms with Gasteiger partial charge in [0.25, 0.3) is 0 Å². The quantitative estimate of drug-likeness (QED) is 0.562. The lowest BCUT2D eigenvalue weighted by atomic mass is 10.1. The molecular formula is C12H13F4S. The van der Waals surface area contributed by atoms with Crippen molar-refractivity contribution in [3.05, 3.63) is 41.3 Å². The van der Waals surface area contributed by atoms with Crippen LogP contribution >= 0.6 is 11.8 Å². The SMILES string of the molecule is [CH2]c1c(F)c(F)c(CSC(C)(C)C)c(F)c1F. The van der Waals surface area contributed by atoms with Crippen LogP contribution in [0.1, 0.15) is 31.9 Å². The summed E-state index contributed by atoms with van der Waals surface area (Å²) in [5.74, 6) is -5.69. The third kappa shape index (κ3) is 3.15. The minimum atomic E-state index is -1.42. The average molecular weight is 265 g/mol. The molecule has 1 radical (unpaired) electrons. The number of thioether (sulfide) groups is 1. The first-order valence-electron chi connectivity index (χ1n) is 4.96. The summed E-state index contributed by atoms with van der Waals surface area (Å²) in [5, 5.41) is 0. The smallest absolute Gasteiger partial charge is 0.166 e. The van der Waals surface area contributed by atoms with Crippen LogP contribution in [0.25, 0.3) is 0 Å². The highest BCUT2D eigenvalue weighted by molar-refractivity contribution is 7.99. The van der Waals surface area contributed by atoms with E-state index in [0.29, 0.717) is 0 Å². The van der Waals surface area contributed by atoms with Crippen molar-refractivity contribution in [3.8, 4) is 0 Å². The minimum absolute atomic E-state index is 0.130. The third-order valence-corrected chi connectivity index (χ3v) is 3.39. The lowest BCUT2D eigenvalue weighted by Gasteiger charge is -2.18. The molecule has 0 saturated carbocycles. The van der Waals surface area contributed by atoms with Gasteiger partial charge in [0, 0.05) is 21.6 Å². The van der Waals surface area contributed by atoms with Crippen molar-refractivity contribution in [2.75, 3.05) is 0 Å². The van der Waals surface area contributed by atoms with Gasteiger partial charge in [-0.25, -0.2) is 17.6 Å². The zero-order chi connectivity index (χ0) is 13.4.